The first-order valence-corrected chi connectivity index (χ1v) is 9.37. The first-order chi connectivity index (χ1) is 13.7. The van der Waals surface area contributed by atoms with Crippen LogP contribution in [0.2, 0.25) is 5.02 Å². The monoisotopic (exact) mass is 401 g/mol. The third-order valence-electron chi connectivity index (χ3n) is 4.79. The van der Waals surface area contributed by atoms with E-state index in [1.807, 2.05) is 0 Å². The predicted molar refractivity (Wildman–Crippen MR) is 105 cm³/mol. The van der Waals surface area contributed by atoms with E-state index < -0.39 is 0 Å². The van der Waals surface area contributed by atoms with Gasteiger partial charge in [0.05, 0.1) is 37.6 Å². The average molecular weight is 402 g/mol. The highest BCUT2D eigenvalue weighted by molar-refractivity contribution is 6.33. The maximum absolute atomic E-state index is 7.07. The van der Waals surface area contributed by atoms with Crippen molar-refractivity contribution in [2.45, 2.75) is 31.0 Å². The van der Waals surface area contributed by atoms with E-state index in [0.717, 1.165) is 12.8 Å². The topological polar surface area (TPSA) is 81.9 Å². The Hall–Kier alpha value is -2.60. The highest BCUT2D eigenvalue weighted by atomic mass is 35.5. The summed E-state index contributed by atoms with van der Waals surface area (Å²) in [5.41, 5.74) is 1.08. The van der Waals surface area contributed by atoms with E-state index in [-0.39, 0.29) is 6.10 Å². The molecule has 1 aromatic heterocycles. The number of piperidine rings is 1. The van der Waals surface area contributed by atoms with Crippen LogP contribution in [-0.4, -0.2) is 48.5 Å². The SMILES string of the molecule is [C-]#[N+]c1ccc(Nc2ncnc(OC3CC4COCC(C3)N4)c2OC)c(Cl)c1. The molecule has 2 aliphatic rings. The highest BCUT2D eigenvalue weighted by Crippen LogP contribution is 2.37. The van der Waals surface area contributed by atoms with Crippen molar-refractivity contribution >= 4 is 28.8 Å². The molecule has 2 saturated heterocycles. The van der Waals surface area contributed by atoms with Gasteiger partial charge in [0.25, 0.3) is 5.88 Å². The van der Waals surface area contributed by atoms with Gasteiger partial charge in [-0.15, -0.1) is 0 Å². The Kier molecular flexibility index (Phi) is 5.48. The van der Waals surface area contributed by atoms with E-state index >= 15 is 0 Å². The molecule has 0 radical (unpaired) electrons. The average Bonchev–Trinajstić information content (AvgIpc) is 2.69. The van der Waals surface area contributed by atoms with Crippen LogP contribution in [-0.2, 0) is 4.74 Å². The molecule has 2 fully saturated rings. The Bertz CT molecular complexity index is 892. The summed E-state index contributed by atoms with van der Waals surface area (Å²) in [5, 5.41) is 7.10. The molecule has 0 saturated carbocycles. The van der Waals surface area contributed by atoms with Crippen molar-refractivity contribution < 1.29 is 14.2 Å². The molecule has 8 nitrogen and oxygen atoms in total. The van der Waals surface area contributed by atoms with Gasteiger partial charge in [-0.2, -0.15) is 4.98 Å². The zero-order valence-electron chi connectivity index (χ0n) is 15.3. The van der Waals surface area contributed by atoms with Gasteiger partial charge in [0.1, 0.15) is 12.4 Å². The lowest BCUT2D eigenvalue weighted by atomic mass is 9.95. The van der Waals surface area contributed by atoms with Crippen LogP contribution in [0.4, 0.5) is 17.2 Å². The van der Waals surface area contributed by atoms with Crippen LogP contribution < -0.4 is 20.1 Å². The largest absolute Gasteiger partial charge is 0.489 e. The molecule has 0 aliphatic carbocycles. The second-order valence-corrected chi connectivity index (χ2v) is 7.18. The Balaban J connectivity index is 1.54. The van der Waals surface area contributed by atoms with Gasteiger partial charge in [-0.3, -0.25) is 0 Å². The fourth-order valence-corrected chi connectivity index (χ4v) is 3.78. The van der Waals surface area contributed by atoms with Gasteiger partial charge in [0.15, 0.2) is 11.5 Å². The Labute approximate surface area is 168 Å². The van der Waals surface area contributed by atoms with Crippen LogP contribution in [0, 0.1) is 6.57 Å². The van der Waals surface area contributed by atoms with Gasteiger partial charge in [0.2, 0.25) is 5.75 Å². The number of methoxy groups -OCH3 is 1. The van der Waals surface area contributed by atoms with Gasteiger partial charge < -0.3 is 24.8 Å². The first kappa shape index (κ1) is 18.7. The van der Waals surface area contributed by atoms with E-state index in [1.165, 1.54) is 6.33 Å². The van der Waals surface area contributed by atoms with E-state index in [4.69, 9.17) is 32.4 Å². The second kappa shape index (κ2) is 8.19. The number of hydrogen-bond donors (Lipinski definition) is 2. The molecular weight excluding hydrogens is 382 g/mol. The number of anilines is 2. The molecule has 0 amide bonds. The zero-order valence-corrected chi connectivity index (χ0v) is 16.1. The minimum atomic E-state index is 0.0262. The van der Waals surface area contributed by atoms with Crippen LogP contribution >= 0.6 is 11.6 Å². The summed E-state index contributed by atoms with van der Waals surface area (Å²) in [6, 6.07) is 5.59. The van der Waals surface area contributed by atoms with Gasteiger partial charge in [-0.25, -0.2) is 9.83 Å². The summed E-state index contributed by atoms with van der Waals surface area (Å²) >= 11 is 6.26. The molecule has 2 aliphatic heterocycles. The van der Waals surface area contributed by atoms with Crippen molar-refractivity contribution in [2.75, 3.05) is 25.6 Å². The lowest BCUT2D eigenvalue weighted by Gasteiger charge is -2.39. The number of nitrogens with zero attached hydrogens (tertiary/aromatic N) is 3. The Morgan fingerprint density at radius 3 is 2.75 bits per heavy atom. The maximum Gasteiger partial charge on any atom is 0.262 e. The third kappa shape index (κ3) is 3.97. The molecule has 9 heteroatoms. The molecule has 28 heavy (non-hydrogen) atoms. The third-order valence-corrected chi connectivity index (χ3v) is 5.11. The molecule has 146 valence electrons. The Morgan fingerprint density at radius 1 is 1.29 bits per heavy atom. The summed E-state index contributed by atoms with van der Waals surface area (Å²) in [6.45, 7) is 8.46. The van der Waals surface area contributed by atoms with Crippen molar-refractivity contribution in [1.29, 1.82) is 0 Å². The maximum atomic E-state index is 7.07. The summed E-state index contributed by atoms with van der Waals surface area (Å²) in [6.07, 6.45) is 3.14. The van der Waals surface area contributed by atoms with Crippen molar-refractivity contribution in [1.82, 2.24) is 15.3 Å². The minimum Gasteiger partial charge on any atom is -0.489 e. The molecule has 2 unspecified atom stereocenters. The Morgan fingerprint density at radius 2 is 2.07 bits per heavy atom. The van der Waals surface area contributed by atoms with Gasteiger partial charge >= 0.3 is 0 Å². The molecule has 3 heterocycles. The van der Waals surface area contributed by atoms with Crippen molar-refractivity contribution in [2.24, 2.45) is 0 Å². The van der Waals surface area contributed by atoms with Crippen LogP contribution in [0.5, 0.6) is 11.6 Å². The first-order valence-electron chi connectivity index (χ1n) is 8.99. The molecule has 1 aromatic carbocycles. The fraction of sp³-hybridized carbons (Fsp3) is 0.421. The fourth-order valence-electron chi connectivity index (χ4n) is 3.56. The lowest BCUT2D eigenvalue weighted by molar-refractivity contribution is -0.0137. The second-order valence-electron chi connectivity index (χ2n) is 6.77. The smallest absolute Gasteiger partial charge is 0.262 e. The molecular formula is C19H20ClN5O3. The van der Waals surface area contributed by atoms with E-state index in [0.29, 0.717) is 59.1 Å². The predicted octanol–water partition coefficient (Wildman–Crippen LogP) is 3.33. The van der Waals surface area contributed by atoms with Crippen molar-refractivity contribution in [3.63, 3.8) is 0 Å². The molecule has 2 atom stereocenters. The number of fused-ring (bicyclic) bond motifs is 2. The molecule has 4 rings (SSSR count). The standard InChI is InChI=1S/C19H20ClN5O3/c1-21-11-3-4-16(15(20)7-11)25-18-17(26-2)19(23-10-22-18)28-14-5-12-8-27-9-13(6-14)24-12/h3-4,7,10,12-14,24H,5-6,8-9H2,2H3,(H,22,23,25). The van der Waals surface area contributed by atoms with E-state index in [2.05, 4.69) is 25.4 Å². The number of hydrogen-bond acceptors (Lipinski definition) is 7. The quantitative estimate of drug-likeness (QED) is 0.743. The molecule has 2 aromatic rings. The van der Waals surface area contributed by atoms with E-state index in [1.54, 1.807) is 25.3 Å². The van der Waals surface area contributed by atoms with Gasteiger partial charge in [-0.1, -0.05) is 17.7 Å². The van der Waals surface area contributed by atoms with Crippen LogP contribution in [0.3, 0.4) is 0 Å². The number of morpholine rings is 1. The van der Waals surface area contributed by atoms with Crippen LogP contribution in [0.1, 0.15) is 12.8 Å². The van der Waals surface area contributed by atoms with Crippen molar-refractivity contribution in [3.8, 4) is 11.6 Å². The van der Waals surface area contributed by atoms with Gasteiger partial charge in [0, 0.05) is 24.9 Å². The number of ether oxygens (including phenoxy) is 3. The zero-order chi connectivity index (χ0) is 19.5. The number of nitrogens with one attached hydrogen (secondary N) is 2. The van der Waals surface area contributed by atoms with Crippen LogP contribution in [0.15, 0.2) is 24.5 Å². The molecule has 0 spiro atoms. The lowest BCUT2D eigenvalue weighted by Crippen LogP contribution is -2.56. The summed E-state index contributed by atoms with van der Waals surface area (Å²) in [4.78, 5) is 11.9. The number of rotatable bonds is 5. The van der Waals surface area contributed by atoms with Gasteiger partial charge in [-0.05, 0) is 12.1 Å². The molecule has 2 N–H and O–H groups in total. The number of aromatic nitrogens is 2. The summed E-state index contributed by atoms with van der Waals surface area (Å²) < 4.78 is 17.3. The normalized spacial score (nSPS) is 23.5. The van der Waals surface area contributed by atoms with E-state index in [9.17, 15) is 0 Å². The van der Waals surface area contributed by atoms with Crippen LogP contribution in [0.25, 0.3) is 4.85 Å². The van der Waals surface area contributed by atoms with Crippen molar-refractivity contribution in [3.05, 3.63) is 41.0 Å². The number of benzene rings is 1. The molecule has 2 bridgehead atoms. The minimum absolute atomic E-state index is 0.0262. The highest BCUT2D eigenvalue weighted by Gasteiger charge is 2.33. The number of halogens is 1. The summed E-state index contributed by atoms with van der Waals surface area (Å²) in [7, 11) is 1.55. The summed E-state index contributed by atoms with van der Waals surface area (Å²) in [5.74, 6) is 1.25.